The molecule has 0 aliphatic rings. The van der Waals surface area contributed by atoms with Crippen LogP contribution in [0.5, 0.6) is 0 Å². The molecule has 0 aromatic carbocycles. The van der Waals surface area contributed by atoms with E-state index in [1.165, 1.54) is 5.56 Å². The van der Waals surface area contributed by atoms with Crippen molar-refractivity contribution >= 4 is 0 Å². The van der Waals surface area contributed by atoms with Crippen LogP contribution in [0.3, 0.4) is 0 Å². The van der Waals surface area contributed by atoms with Gasteiger partial charge in [-0.25, -0.2) is 9.97 Å². The summed E-state index contributed by atoms with van der Waals surface area (Å²) in [6.45, 7) is 7.20. The van der Waals surface area contributed by atoms with Crippen molar-refractivity contribution in [3.63, 3.8) is 0 Å². The monoisotopic (exact) mass is 259 g/mol. The van der Waals surface area contributed by atoms with Gasteiger partial charge in [0.25, 0.3) is 0 Å². The lowest BCUT2D eigenvalue weighted by Crippen LogP contribution is -2.17. The van der Waals surface area contributed by atoms with Gasteiger partial charge in [-0.15, -0.1) is 0 Å². The third-order valence-corrected chi connectivity index (χ3v) is 3.27. The van der Waals surface area contributed by atoms with Gasteiger partial charge in [0.2, 0.25) is 0 Å². The van der Waals surface area contributed by atoms with Gasteiger partial charge in [-0.05, 0) is 38.4 Å². The molecule has 102 valence electrons. The number of aryl methyl sites for hydroxylation is 3. The summed E-state index contributed by atoms with van der Waals surface area (Å²) in [7, 11) is 3.86. The summed E-state index contributed by atoms with van der Waals surface area (Å²) in [6, 6.07) is 1.94. The van der Waals surface area contributed by atoms with Gasteiger partial charge in [-0.1, -0.05) is 6.92 Å². The van der Waals surface area contributed by atoms with Crippen molar-refractivity contribution in [2.45, 2.75) is 26.7 Å². The first-order valence-corrected chi connectivity index (χ1v) is 6.52. The van der Waals surface area contributed by atoms with Crippen molar-refractivity contribution in [2.75, 3.05) is 13.6 Å². The standard InChI is InChI=1S/C14H21N5/c1-9(8-15-4)13-10(2)16-14(17-11(13)3)12-6-7-19(5)18-12/h6-7,9,15H,8H2,1-5H3. The normalized spacial score (nSPS) is 12.7. The average Bonchev–Trinajstić information content (AvgIpc) is 2.75. The maximum Gasteiger partial charge on any atom is 0.180 e. The number of hydrogen-bond donors (Lipinski definition) is 1. The van der Waals surface area contributed by atoms with Crippen molar-refractivity contribution in [1.82, 2.24) is 25.1 Å². The lowest BCUT2D eigenvalue weighted by molar-refractivity contribution is 0.662. The van der Waals surface area contributed by atoms with Crippen LogP contribution in [0.2, 0.25) is 0 Å². The second kappa shape index (κ2) is 5.48. The molecule has 0 aliphatic heterocycles. The van der Waals surface area contributed by atoms with Crippen molar-refractivity contribution in [1.29, 1.82) is 0 Å². The third-order valence-electron chi connectivity index (χ3n) is 3.27. The molecule has 1 N–H and O–H groups in total. The minimum absolute atomic E-state index is 0.405. The summed E-state index contributed by atoms with van der Waals surface area (Å²) in [5.74, 6) is 1.11. The minimum atomic E-state index is 0.405. The van der Waals surface area contributed by atoms with Crippen LogP contribution in [-0.4, -0.2) is 33.3 Å². The first-order valence-electron chi connectivity index (χ1n) is 6.52. The van der Waals surface area contributed by atoms with E-state index >= 15 is 0 Å². The van der Waals surface area contributed by atoms with Gasteiger partial charge >= 0.3 is 0 Å². The lowest BCUT2D eigenvalue weighted by atomic mass is 9.98. The molecule has 0 bridgehead atoms. The van der Waals surface area contributed by atoms with Crippen LogP contribution in [0.15, 0.2) is 12.3 Å². The zero-order valence-corrected chi connectivity index (χ0v) is 12.2. The Kier molecular flexibility index (Phi) is 3.95. The van der Waals surface area contributed by atoms with Crippen LogP contribution in [0.1, 0.15) is 29.8 Å². The smallest absolute Gasteiger partial charge is 0.180 e. The number of nitrogens with one attached hydrogen (secondary N) is 1. The first kappa shape index (κ1) is 13.7. The van der Waals surface area contributed by atoms with E-state index in [-0.39, 0.29) is 0 Å². The van der Waals surface area contributed by atoms with E-state index in [9.17, 15) is 0 Å². The Balaban J connectivity index is 2.42. The highest BCUT2D eigenvalue weighted by Crippen LogP contribution is 2.23. The maximum atomic E-state index is 4.61. The van der Waals surface area contributed by atoms with Crippen LogP contribution in [0.25, 0.3) is 11.5 Å². The van der Waals surface area contributed by atoms with Crippen molar-refractivity contribution in [3.8, 4) is 11.5 Å². The van der Waals surface area contributed by atoms with E-state index in [0.717, 1.165) is 23.6 Å². The summed E-state index contributed by atoms with van der Waals surface area (Å²) in [6.07, 6.45) is 1.90. The summed E-state index contributed by atoms with van der Waals surface area (Å²) in [5, 5.41) is 7.55. The maximum absolute atomic E-state index is 4.61. The molecule has 0 saturated carbocycles. The van der Waals surface area contributed by atoms with E-state index in [0.29, 0.717) is 11.7 Å². The van der Waals surface area contributed by atoms with Gasteiger partial charge < -0.3 is 5.32 Å². The number of hydrogen-bond acceptors (Lipinski definition) is 4. The van der Waals surface area contributed by atoms with Crippen LogP contribution in [0, 0.1) is 13.8 Å². The number of likely N-dealkylation sites (N-methyl/N-ethyl adjacent to an activating group) is 1. The Morgan fingerprint density at radius 3 is 2.37 bits per heavy atom. The van der Waals surface area contributed by atoms with Crippen LogP contribution < -0.4 is 5.32 Å². The predicted octanol–water partition coefficient (Wildman–Crippen LogP) is 1.82. The van der Waals surface area contributed by atoms with Gasteiger partial charge in [-0.2, -0.15) is 5.10 Å². The van der Waals surface area contributed by atoms with E-state index in [2.05, 4.69) is 27.3 Å². The van der Waals surface area contributed by atoms with E-state index in [4.69, 9.17) is 0 Å². The van der Waals surface area contributed by atoms with Crippen molar-refractivity contribution < 1.29 is 0 Å². The van der Waals surface area contributed by atoms with E-state index < -0.39 is 0 Å². The van der Waals surface area contributed by atoms with Crippen molar-refractivity contribution in [3.05, 3.63) is 29.2 Å². The molecule has 2 aromatic rings. The number of rotatable bonds is 4. The SMILES string of the molecule is CNCC(C)c1c(C)nc(-c2ccn(C)n2)nc1C. The fourth-order valence-electron chi connectivity index (χ4n) is 2.50. The molecule has 0 saturated heterocycles. The second-order valence-electron chi connectivity index (χ2n) is 4.97. The summed E-state index contributed by atoms with van der Waals surface area (Å²) >= 11 is 0. The molecule has 0 amide bonds. The Hall–Kier alpha value is -1.75. The van der Waals surface area contributed by atoms with E-state index in [1.807, 2.05) is 40.2 Å². The Bertz CT molecular complexity index is 550. The quantitative estimate of drug-likeness (QED) is 0.910. The molecule has 0 radical (unpaired) electrons. The molecule has 1 unspecified atom stereocenters. The molecule has 5 heteroatoms. The third kappa shape index (κ3) is 2.81. The Morgan fingerprint density at radius 2 is 1.89 bits per heavy atom. The highest BCUT2D eigenvalue weighted by molar-refractivity contribution is 5.50. The predicted molar refractivity (Wildman–Crippen MR) is 76.0 cm³/mol. The summed E-state index contributed by atoms with van der Waals surface area (Å²) in [4.78, 5) is 9.21. The molecule has 19 heavy (non-hydrogen) atoms. The summed E-state index contributed by atoms with van der Waals surface area (Å²) in [5.41, 5.74) is 4.13. The van der Waals surface area contributed by atoms with E-state index in [1.54, 1.807) is 4.68 Å². The molecule has 1 atom stereocenters. The van der Waals surface area contributed by atoms with Gasteiger partial charge in [0, 0.05) is 31.2 Å². The van der Waals surface area contributed by atoms with Crippen LogP contribution in [0.4, 0.5) is 0 Å². The molecule has 2 heterocycles. The fraction of sp³-hybridized carbons (Fsp3) is 0.500. The zero-order chi connectivity index (χ0) is 14.0. The zero-order valence-electron chi connectivity index (χ0n) is 12.2. The molecular weight excluding hydrogens is 238 g/mol. The number of nitrogens with zero attached hydrogens (tertiary/aromatic N) is 4. The number of aromatic nitrogens is 4. The van der Waals surface area contributed by atoms with Crippen LogP contribution in [-0.2, 0) is 7.05 Å². The molecular formula is C14H21N5. The van der Waals surface area contributed by atoms with Crippen LogP contribution >= 0.6 is 0 Å². The highest BCUT2D eigenvalue weighted by atomic mass is 15.3. The van der Waals surface area contributed by atoms with Crippen molar-refractivity contribution in [2.24, 2.45) is 7.05 Å². The molecule has 2 aromatic heterocycles. The van der Waals surface area contributed by atoms with Gasteiger partial charge in [0.05, 0.1) is 0 Å². The molecule has 0 fully saturated rings. The molecule has 0 aliphatic carbocycles. The first-order chi connectivity index (χ1) is 9.02. The van der Waals surface area contributed by atoms with Gasteiger partial charge in [0.1, 0.15) is 5.69 Å². The second-order valence-corrected chi connectivity index (χ2v) is 4.97. The Morgan fingerprint density at radius 1 is 1.26 bits per heavy atom. The topological polar surface area (TPSA) is 55.6 Å². The average molecular weight is 259 g/mol. The summed E-state index contributed by atoms with van der Waals surface area (Å²) < 4.78 is 1.76. The Labute approximate surface area is 114 Å². The molecule has 0 spiro atoms. The van der Waals surface area contributed by atoms with Gasteiger partial charge in [-0.3, -0.25) is 4.68 Å². The fourth-order valence-corrected chi connectivity index (χ4v) is 2.50. The largest absolute Gasteiger partial charge is 0.319 e. The minimum Gasteiger partial charge on any atom is -0.319 e. The van der Waals surface area contributed by atoms with Gasteiger partial charge in [0.15, 0.2) is 5.82 Å². The lowest BCUT2D eigenvalue weighted by Gasteiger charge is -2.16. The molecule has 2 rings (SSSR count). The molecule has 5 nitrogen and oxygen atoms in total. The highest BCUT2D eigenvalue weighted by Gasteiger charge is 2.16.